The van der Waals surface area contributed by atoms with Crippen LogP contribution in [-0.4, -0.2) is 51.0 Å². The van der Waals surface area contributed by atoms with Crippen molar-refractivity contribution in [2.75, 3.05) is 26.2 Å². The summed E-state index contributed by atoms with van der Waals surface area (Å²) in [5, 5.41) is 2.82. The number of para-hydroxylation sites is 1. The van der Waals surface area contributed by atoms with E-state index in [1.54, 1.807) is 24.3 Å². The molecule has 31 heavy (non-hydrogen) atoms. The standard InChI is InChI=1S/C23H30N2O5S/c1-3-21(30-22-9-5-4-8-18(22)2)23(26)24-14-17-29-19-10-12-20(13-11-19)31(27,28)25-15-6-7-16-25/h4-5,8-13,21H,3,6-7,14-17H2,1-2H3,(H,24,26)/t21-/m0/s1. The van der Waals surface area contributed by atoms with E-state index in [0.717, 1.165) is 18.4 Å². The second-order valence-corrected chi connectivity index (χ2v) is 9.44. The van der Waals surface area contributed by atoms with Crippen LogP contribution >= 0.6 is 0 Å². The molecule has 0 spiro atoms. The van der Waals surface area contributed by atoms with Crippen LogP contribution in [0.5, 0.6) is 11.5 Å². The van der Waals surface area contributed by atoms with Gasteiger partial charge in [0.2, 0.25) is 10.0 Å². The van der Waals surface area contributed by atoms with Gasteiger partial charge in [-0.1, -0.05) is 25.1 Å². The quantitative estimate of drug-likeness (QED) is 0.567. The van der Waals surface area contributed by atoms with E-state index in [1.807, 2.05) is 38.1 Å². The molecule has 0 unspecified atom stereocenters. The van der Waals surface area contributed by atoms with Crippen molar-refractivity contribution in [2.24, 2.45) is 0 Å². The van der Waals surface area contributed by atoms with Crippen LogP contribution in [0, 0.1) is 6.92 Å². The molecule has 7 nitrogen and oxygen atoms in total. The highest BCUT2D eigenvalue weighted by molar-refractivity contribution is 7.89. The third-order valence-corrected chi connectivity index (χ3v) is 7.14. The highest BCUT2D eigenvalue weighted by Gasteiger charge is 2.27. The molecular weight excluding hydrogens is 416 g/mol. The fourth-order valence-electron chi connectivity index (χ4n) is 3.41. The Bertz CT molecular complexity index is 970. The Balaban J connectivity index is 1.45. The Morgan fingerprint density at radius 1 is 1.10 bits per heavy atom. The molecule has 0 radical (unpaired) electrons. The summed E-state index contributed by atoms with van der Waals surface area (Å²) in [6.45, 7) is 5.58. The number of carbonyl (C=O) groups excluding carboxylic acids is 1. The Hall–Kier alpha value is -2.58. The maximum Gasteiger partial charge on any atom is 0.261 e. The molecule has 1 amide bonds. The van der Waals surface area contributed by atoms with Crippen molar-refractivity contribution in [3.8, 4) is 11.5 Å². The second-order valence-electron chi connectivity index (χ2n) is 7.50. The monoisotopic (exact) mass is 446 g/mol. The van der Waals surface area contributed by atoms with Crippen molar-refractivity contribution in [1.82, 2.24) is 9.62 Å². The van der Waals surface area contributed by atoms with Crippen molar-refractivity contribution in [3.63, 3.8) is 0 Å². The lowest BCUT2D eigenvalue weighted by atomic mass is 10.2. The van der Waals surface area contributed by atoms with Gasteiger partial charge in [-0.15, -0.1) is 0 Å². The van der Waals surface area contributed by atoms with Gasteiger partial charge in [-0.05, 0) is 62.1 Å². The van der Waals surface area contributed by atoms with E-state index in [-0.39, 0.29) is 17.4 Å². The minimum atomic E-state index is -3.43. The molecule has 1 atom stereocenters. The number of nitrogens with zero attached hydrogens (tertiary/aromatic N) is 1. The Morgan fingerprint density at radius 3 is 2.42 bits per heavy atom. The largest absolute Gasteiger partial charge is 0.492 e. The molecule has 1 heterocycles. The highest BCUT2D eigenvalue weighted by Crippen LogP contribution is 2.23. The van der Waals surface area contributed by atoms with Crippen molar-refractivity contribution >= 4 is 15.9 Å². The predicted octanol–water partition coefficient (Wildman–Crippen LogP) is 3.13. The SMILES string of the molecule is CC[C@H](Oc1ccccc1C)C(=O)NCCOc1ccc(S(=O)(=O)N2CCCC2)cc1. The molecule has 1 saturated heterocycles. The van der Waals surface area contributed by atoms with Crippen LogP contribution in [0.2, 0.25) is 0 Å². The minimum Gasteiger partial charge on any atom is -0.492 e. The summed E-state index contributed by atoms with van der Waals surface area (Å²) < 4.78 is 38.1. The Kier molecular flexibility index (Phi) is 7.92. The minimum absolute atomic E-state index is 0.193. The van der Waals surface area contributed by atoms with E-state index < -0.39 is 16.1 Å². The van der Waals surface area contributed by atoms with E-state index in [4.69, 9.17) is 9.47 Å². The first-order chi connectivity index (χ1) is 14.9. The van der Waals surface area contributed by atoms with Gasteiger partial charge in [-0.3, -0.25) is 4.79 Å². The summed E-state index contributed by atoms with van der Waals surface area (Å²) in [5.74, 6) is 1.06. The van der Waals surface area contributed by atoms with Gasteiger partial charge in [-0.2, -0.15) is 4.31 Å². The van der Waals surface area contributed by atoms with Crippen molar-refractivity contribution in [1.29, 1.82) is 0 Å². The maximum absolute atomic E-state index is 12.6. The van der Waals surface area contributed by atoms with Crippen LogP contribution in [0.3, 0.4) is 0 Å². The van der Waals surface area contributed by atoms with E-state index in [1.165, 1.54) is 4.31 Å². The van der Waals surface area contributed by atoms with Crippen molar-refractivity contribution in [2.45, 2.75) is 44.1 Å². The van der Waals surface area contributed by atoms with Gasteiger partial charge in [0.1, 0.15) is 18.1 Å². The predicted molar refractivity (Wildman–Crippen MR) is 119 cm³/mol. The lowest BCUT2D eigenvalue weighted by Gasteiger charge is -2.18. The lowest BCUT2D eigenvalue weighted by Crippen LogP contribution is -2.39. The molecule has 2 aromatic rings. The molecule has 1 N–H and O–H groups in total. The molecule has 0 aromatic heterocycles. The first-order valence-corrected chi connectivity index (χ1v) is 12.1. The average Bonchev–Trinajstić information content (AvgIpc) is 3.32. The number of rotatable bonds is 10. The highest BCUT2D eigenvalue weighted by atomic mass is 32.2. The number of benzene rings is 2. The first-order valence-electron chi connectivity index (χ1n) is 10.6. The molecule has 1 aliphatic rings. The Morgan fingerprint density at radius 2 is 1.77 bits per heavy atom. The third kappa shape index (κ3) is 5.98. The van der Waals surface area contributed by atoms with Crippen molar-refractivity contribution < 1.29 is 22.7 Å². The topological polar surface area (TPSA) is 84.9 Å². The summed E-state index contributed by atoms with van der Waals surface area (Å²) in [5.41, 5.74) is 0.979. The van der Waals surface area contributed by atoms with Crippen LogP contribution in [0.1, 0.15) is 31.7 Å². The van der Waals surface area contributed by atoms with Gasteiger partial charge in [0.05, 0.1) is 11.4 Å². The zero-order chi connectivity index (χ0) is 22.3. The Labute approximate surface area is 184 Å². The number of hydrogen-bond donors (Lipinski definition) is 1. The number of hydrogen-bond acceptors (Lipinski definition) is 5. The molecule has 3 rings (SSSR count). The summed E-state index contributed by atoms with van der Waals surface area (Å²) >= 11 is 0. The number of carbonyl (C=O) groups is 1. The fourth-order valence-corrected chi connectivity index (χ4v) is 4.92. The van der Waals surface area contributed by atoms with Gasteiger partial charge in [-0.25, -0.2) is 8.42 Å². The first kappa shape index (κ1) is 23.1. The maximum atomic E-state index is 12.6. The number of sulfonamides is 1. The number of aryl methyl sites for hydroxylation is 1. The van der Waals surface area contributed by atoms with Crippen LogP contribution < -0.4 is 14.8 Å². The molecule has 0 saturated carbocycles. The zero-order valence-corrected chi connectivity index (χ0v) is 18.9. The molecule has 8 heteroatoms. The second kappa shape index (κ2) is 10.6. The van der Waals surface area contributed by atoms with Gasteiger partial charge in [0.15, 0.2) is 6.10 Å². The van der Waals surface area contributed by atoms with Gasteiger partial charge in [0.25, 0.3) is 5.91 Å². The van der Waals surface area contributed by atoms with Crippen LogP contribution in [0.15, 0.2) is 53.4 Å². The van der Waals surface area contributed by atoms with Gasteiger partial charge in [0, 0.05) is 13.1 Å². The fraction of sp³-hybridized carbons (Fsp3) is 0.435. The summed E-state index contributed by atoms with van der Waals surface area (Å²) in [7, 11) is -3.43. The van der Waals surface area contributed by atoms with E-state index in [9.17, 15) is 13.2 Å². The lowest BCUT2D eigenvalue weighted by molar-refractivity contribution is -0.128. The summed E-state index contributed by atoms with van der Waals surface area (Å²) in [6, 6.07) is 14.0. The normalized spacial score (nSPS) is 15.4. The van der Waals surface area contributed by atoms with Crippen LogP contribution in [0.4, 0.5) is 0 Å². The van der Waals surface area contributed by atoms with Crippen molar-refractivity contribution in [3.05, 3.63) is 54.1 Å². The number of nitrogens with one attached hydrogen (secondary N) is 1. The van der Waals surface area contributed by atoms with E-state index in [2.05, 4.69) is 5.32 Å². The molecular formula is C23H30N2O5S. The molecule has 0 aliphatic carbocycles. The molecule has 0 bridgehead atoms. The number of amides is 1. The van der Waals surface area contributed by atoms with Gasteiger partial charge < -0.3 is 14.8 Å². The zero-order valence-electron chi connectivity index (χ0n) is 18.0. The van der Waals surface area contributed by atoms with E-state index in [0.29, 0.717) is 37.6 Å². The van der Waals surface area contributed by atoms with Gasteiger partial charge >= 0.3 is 0 Å². The van der Waals surface area contributed by atoms with Crippen LogP contribution in [-0.2, 0) is 14.8 Å². The third-order valence-electron chi connectivity index (χ3n) is 5.22. The molecule has 168 valence electrons. The average molecular weight is 447 g/mol. The molecule has 1 aliphatic heterocycles. The van der Waals surface area contributed by atoms with E-state index >= 15 is 0 Å². The summed E-state index contributed by atoms with van der Waals surface area (Å²) in [6.07, 6.45) is 1.78. The summed E-state index contributed by atoms with van der Waals surface area (Å²) in [4.78, 5) is 12.7. The number of ether oxygens (including phenoxy) is 2. The molecule has 1 fully saturated rings. The van der Waals surface area contributed by atoms with Crippen LogP contribution in [0.25, 0.3) is 0 Å². The smallest absolute Gasteiger partial charge is 0.261 e. The molecule has 2 aromatic carbocycles.